The smallest absolute Gasteiger partial charge is 0.264 e. The molecule has 0 fully saturated rings. The second kappa shape index (κ2) is 12.3. The molecule has 10 heteroatoms. The third-order valence-corrected chi connectivity index (χ3v) is 8.82. The van der Waals surface area contributed by atoms with Crippen LogP contribution in [0.3, 0.4) is 0 Å². The van der Waals surface area contributed by atoms with Gasteiger partial charge in [-0.15, -0.1) is 0 Å². The minimum atomic E-state index is -4.18. The molecular formula is C31H29Cl2N3O4S. The summed E-state index contributed by atoms with van der Waals surface area (Å²) in [5, 5.41) is 5.68. The first-order valence-corrected chi connectivity index (χ1v) is 14.9. The molecule has 41 heavy (non-hydrogen) atoms. The Labute approximate surface area is 250 Å². The number of amides is 2. The highest BCUT2D eigenvalue weighted by molar-refractivity contribution is 7.92. The lowest BCUT2D eigenvalue weighted by atomic mass is 9.87. The Kier molecular flexibility index (Phi) is 9.07. The van der Waals surface area contributed by atoms with Gasteiger partial charge in [-0.1, -0.05) is 86.4 Å². The second-order valence-electron chi connectivity index (χ2n) is 10.3. The fourth-order valence-corrected chi connectivity index (χ4v) is 5.94. The summed E-state index contributed by atoms with van der Waals surface area (Å²) in [6.07, 6.45) is 0. The molecule has 0 aliphatic heterocycles. The van der Waals surface area contributed by atoms with Crippen molar-refractivity contribution < 1.29 is 18.0 Å². The Bertz CT molecular complexity index is 1670. The standard InChI is InChI=1S/C31H29Cl2N3O4S/c1-31(2,3)22-17-15-21(16-18-22)30(38)35-24-10-7-9-23(19-24)34-28(37)20-36(27-14-8-13-26(32)29(27)33)41(39,40)25-11-5-4-6-12-25/h4-19H,20H2,1-3H3,(H,34,37)(H,35,38). The Morgan fingerprint density at radius 1 is 0.780 bits per heavy atom. The fraction of sp³-hybridized carbons (Fsp3) is 0.161. The van der Waals surface area contributed by atoms with E-state index in [1.807, 2.05) is 12.1 Å². The molecule has 7 nitrogen and oxygen atoms in total. The number of hydrogen-bond acceptors (Lipinski definition) is 4. The molecule has 4 rings (SSSR count). The van der Waals surface area contributed by atoms with Gasteiger partial charge in [0.05, 0.1) is 20.6 Å². The van der Waals surface area contributed by atoms with E-state index >= 15 is 0 Å². The van der Waals surface area contributed by atoms with E-state index in [9.17, 15) is 18.0 Å². The third-order valence-electron chi connectivity index (χ3n) is 6.24. The Morgan fingerprint density at radius 2 is 1.39 bits per heavy atom. The number of sulfonamides is 1. The summed E-state index contributed by atoms with van der Waals surface area (Å²) in [6.45, 7) is 5.72. The molecule has 2 amide bonds. The lowest BCUT2D eigenvalue weighted by Crippen LogP contribution is -2.38. The molecule has 0 aliphatic rings. The zero-order valence-corrected chi connectivity index (χ0v) is 25.0. The summed E-state index contributed by atoms with van der Waals surface area (Å²) in [7, 11) is -4.18. The predicted molar refractivity (Wildman–Crippen MR) is 166 cm³/mol. The predicted octanol–water partition coefficient (Wildman–Crippen LogP) is 7.38. The van der Waals surface area contributed by atoms with E-state index in [2.05, 4.69) is 31.4 Å². The van der Waals surface area contributed by atoms with E-state index in [1.165, 1.54) is 24.3 Å². The molecule has 4 aromatic carbocycles. The summed E-state index contributed by atoms with van der Waals surface area (Å²) in [6, 6.07) is 26.2. The molecule has 0 unspecified atom stereocenters. The van der Waals surface area contributed by atoms with Gasteiger partial charge in [0.15, 0.2) is 0 Å². The van der Waals surface area contributed by atoms with Crippen LogP contribution in [0.5, 0.6) is 0 Å². The van der Waals surface area contributed by atoms with Gasteiger partial charge in [-0.05, 0) is 65.6 Å². The lowest BCUT2D eigenvalue weighted by molar-refractivity contribution is -0.114. The van der Waals surface area contributed by atoms with E-state index < -0.39 is 22.5 Å². The van der Waals surface area contributed by atoms with Crippen LogP contribution in [0.1, 0.15) is 36.7 Å². The minimum Gasteiger partial charge on any atom is -0.324 e. The molecule has 0 aromatic heterocycles. The van der Waals surface area contributed by atoms with Gasteiger partial charge >= 0.3 is 0 Å². The Balaban J connectivity index is 1.53. The number of halogens is 2. The van der Waals surface area contributed by atoms with Crippen LogP contribution in [-0.4, -0.2) is 26.8 Å². The summed E-state index contributed by atoms with van der Waals surface area (Å²) in [4.78, 5) is 26.0. The van der Waals surface area contributed by atoms with Crippen LogP contribution in [0.15, 0.2) is 102 Å². The highest BCUT2D eigenvalue weighted by Crippen LogP contribution is 2.35. The van der Waals surface area contributed by atoms with Gasteiger partial charge in [-0.2, -0.15) is 0 Å². The molecule has 0 spiro atoms. The van der Waals surface area contributed by atoms with Gasteiger partial charge in [-0.25, -0.2) is 8.42 Å². The molecule has 0 aliphatic carbocycles. The van der Waals surface area contributed by atoms with Crippen molar-refractivity contribution >= 4 is 62.1 Å². The minimum absolute atomic E-state index is 0.00159. The van der Waals surface area contributed by atoms with Gasteiger partial charge < -0.3 is 10.6 Å². The first-order valence-electron chi connectivity index (χ1n) is 12.7. The number of carbonyl (C=O) groups is 2. The average molecular weight is 611 g/mol. The van der Waals surface area contributed by atoms with Crippen molar-refractivity contribution in [3.63, 3.8) is 0 Å². The Hall–Kier alpha value is -3.85. The van der Waals surface area contributed by atoms with Crippen LogP contribution in [-0.2, 0) is 20.2 Å². The van der Waals surface area contributed by atoms with Gasteiger partial charge in [-0.3, -0.25) is 13.9 Å². The number of nitrogens with one attached hydrogen (secondary N) is 2. The van der Waals surface area contributed by atoms with E-state index in [0.29, 0.717) is 16.9 Å². The zero-order chi connectivity index (χ0) is 29.8. The van der Waals surface area contributed by atoms with E-state index in [0.717, 1.165) is 9.87 Å². The molecular weight excluding hydrogens is 581 g/mol. The first kappa shape index (κ1) is 30.1. The second-order valence-corrected chi connectivity index (χ2v) is 13.0. The fourth-order valence-electron chi connectivity index (χ4n) is 4.03. The van der Waals surface area contributed by atoms with Crippen molar-refractivity contribution in [2.75, 3.05) is 21.5 Å². The normalized spacial score (nSPS) is 11.5. The third kappa shape index (κ3) is 7.27. The van der Waals surface area contributed by atoms with Crippen LogP contribution in [0, 0.1) is 0 Å². The largest absolute Gasteiger partial charge is 0.324 e. The Morgan fingerprint density at radius 3 is 2.02 bits per heavy atom. The molecule has 0 heterocycles. The first-order chi connectivity index (χ1) is 19.4. The molecule has 212 valence electrons. The van der Waals surface area contributed by atoms with Crippen LogP contribution in [0.4, 0.5) is 17.1 Å². The van der Waals surface area contributed by atoms with Crippen LogP contribution >= 0.6 is 23.2 Å². The number of anilines is 3. The van der Waals surface area contributed by atoms with Crippen molar-refractivity contribution in [2.45, 2.75) is 31.1 Å². The zero-order valence-electron chi connectivity index (χ0n) is 22.7. The summed E-state index contributed by atoms with van der Waals surface area (Å²) < 4.78 is 28.0. The van der Waals surface area contributed by atoms with Crippen molar-refractivity contribution in [3.8, 4) is 0 Å². The maximum Gasteiger partial charge on any atom is 0.264 e. The topological polar surface area (TPSA) is 95.6 Å². The van der Waals surface area contributed by atoms with Crippen molar-refractivity contribution in [1.29, 1.82) is 0 Å². The van der Waals surface area contributed by atoms with E-state index in [1.54, 1.807) is 60.7 Å². The number of nitrogens with zero attached hydrogens (tertiary/aromatic N) is 1. The monoisotopic (exact) mass is 609 g/mol. The van der Waals surface area contributed by atoms with Gasteiger partial charge in [0.25, 0.3) is 15.9 Å². The maximum absolute atomic E-state index is 13.6. The van der Waals surface area contributed by atoms with Gasteiger partial charge in [0, 0.05) is 16.9 Å². The van der Waals surface area contributed by atoms with Crippen LogP contribution in [0.2, 0.25) is 10.0 Å². The number of rotatable bonds is 8. The van der Waals surface area contributed by atoms with E-state index in [-0.39, 0.29) is 32.0 Å². The maximum atomic E-state index is 13.6. The highest BCUT2D eigenvalue weighted by Gasteiger charge is 2.29. The average Bonchev–Trinajstić information content (AvgIpc) is 2.93. The molecule has 0 radical (unpaired) electrons. The van der Waals surface area contributed by atoms with Gasteiger partial charge in [0.2, 0.25) is 5.91 Å². The molecule has 0 atom stereocenters. The molecule has 0 bridgehead atoms. The van der Waals surface area contributed by atoms with Gasteiger partial charge in [0.1, 0.15) is 6.54 Å². The highest BCUT2D eigenvalue weighted by atomic mass is 35.5. The number of benzene rings is 4. The number of hydrogen-bond donors (Lipinski definition) is 2. The molecule has 0 saturated heterocycles. The summed E-state index contributed by atoms with van der Waals surface area (Å²) >= 11 is 12.5. The SMILES string of the molecule is CC(C)(C)c1ccc(C(=O)Nc2cccc(NC(=O)CN(c3cccc(Cl)c3Cl)S(=O)(=O)c3ccccc3)c2)cc1. The quantitative estimate of drug-likeness (QED) is 0.218. The molecule has 2 N–H and O–H groups in total. The summed E-state index contributed by atoms with van der Waals surface area (Å²) in [5.74, 6) is -0.925. The summed E-state index contributed by atoms with van der Waals surface area (Å²) in [5.41, 5.74) is 2.46. The lowest BCUT2D eigenvalue weighted by Gasteiger charge is -2.25. The van der Waals surface area contributed by atoms with Crippen LogP contribution in [0.25, 0.3) is 0 Å². The van der Waals surface area contributed by atoms with Crippen molar-refractivity contribution in [2.24, 2.45) is 0 Å². The van der Waals surface area contributed by atoms with Crippen LogP contribution < -0.4 is 14.9 Å². The number of carbonyl (C=O) groups excluding carboxylic acids is 2. The molecule has 4 aromatic rings. The molecule has 0 saturated carbocycles. The van der Waals surface area contributed by atoms with E-state index in [4.69, 9.17) is 23.2 Å². The van der Waals surface area contributed by atoms with Crippen molar-refractivity contribution in [1.82, 2.24) is 0 Å². The van der Waals surface area contributed by atoms with Crippen molar-refractivity contribution in [3.05, 3.63) is 118 Å².